The highest BCUT2D eigenvalue weighted by molar-refractivity contribution is 5.30. The van der Waals surface area contributed by atoms with Crippen molar-refractivity contribution >= 4 is 0 Å². The number of nitrogens with one attached hydrogen (secondary N) is 1. The average molecular weight is 255 g/mol. The molecule has 1 aromatic carbocycles. The predicted molar refractivity (Wildman–Crippen MR) is 77.1 cm³/mol. The molecule has 0 saturated heterocycles. The van der Waals surface area contributed by atoms with E-state index in [-0.39, 0.29) is 0 Å². The summed E-state index contributed by atoms with van der Waals surface area (Å²) in [4.78, 5) is 0. The third-order valence-corrected chi connectivity index (χ3v) is 3.70. The minimum absolute atomic E-state index is 0.752. The first-order chi connectivity index (χ1) is 9.20. The fourth-order valence-electron chi connectivity index (χ4n) is 2.28. The van der Waals surface area contributed by atoms with E-state index in [2.05, 4.69) is 48.7 Å². The Kier molecular flexibility index (Phi) is 3.38. The molecular weight excluding hydrogens is 234 g/mol. The highest BCUT2D eigenvalue weighted by Crippen LogP contribution is 2.19. The van der Waals surface area contributed by atoms with Gasteiger partial charge in [0.1, 0.15) is 0 Å². The molecule has 1 saturated carbocycles. The largest absolute Gasteiger partial charge is 0.310 e. The first kappa shape index (κ1) is 12.4. The van der Waals surface area contributed by atoms with Crippen LogP contribution in [0.5, 0.6) is 0 Å². The molecule has 1 aliphatic carbocycles. The summed E-state index contributed by atoms with van der Waals surface area (Å²) in [5, 5.41) is 7.97. The van der Waals surface area contributed by atoms with Crippen molar-refractivity contribution in [3.8, 4) is 0 Å². The number of hydrogen-bond acceptors (Lipinski definition) is 2. The molecule has 3 rings (SSSR count). The summed E-state index contributed by atoms with van der Waals surface area (Å²) >= 11 is 0. The van der Waals surface area contributed by atoms with Gasteiger partial charge in [-0.15, -0.1) is 0 Å². The molecule has 1 fully saturated rings. The molecule has 1 heterocycles. The van der Waals surface area contributed by atoms with Crippen molar-refractivity contribution in [3.05, 3.63) is 52.8 Å². The summed E-state index contributed by atoms with van der Waals surface area (Å²) in [6, 6.07) is 7.35. The van der Waals surface area contributed by atoms with Gasteiger partial charge in [0.2, 0.25) is 0 Å². The first-order valence-electron chi connectivity index (χ1n) is 7.01. The van der Waals surface area contributed by atoms with Crippen molar-refractivity contribution in [3.63, 3.8) is 0 Å². The van der Waals surface area contributed by atoms with Gasteiger partial charge in [0.25, 0.3) is 0 Å². The van der Waals surface area contributed by atoms with Crippen LogP contribution in [0.15, 0.2) is 30.6 Å². The zero-order valence-electron chi connectivity index (χ0n) is 11.7. The van der Waals surface area contributed by atoms with Gasteiger partial charge in [-0.3, -0.25) is 4.68 Å². The first-order valence-corrected chi connectivity index (χ1v) is 7.01. The van der Waals surface area contributed by atoms with E-state index in [0.29, 0.717) is 0 Å². The molecule has 1 aliphatic rings. The summed E-state index contributed by atoms with van der Waals surface area (Å²) in [7, 11) is 0. The van der Waals surface area contributed by atoms with Crippen molar-refractivity contribution in [2.75, 3.05) is 0 Å². The zero-order chi connectivity index (χ0) is 13.2. The Morgan fingerprint density at radius 2 is 2.16 bits per heavy atom. The number of nitrogens with zero attached hydrogens (tertiary/aromatic N) is 2. The van der Waals surface area contributed by atoms with Gasteiger partial charge < -0.3 is 5.32 Å². The highest BCUT2D eigenvalue weighted by atomic mass is 15.3. The summed E-state index contributed by atoms with van der Waals surface area (Å²) in [5.41, 5.74) is 5.27. The van der Waals surface area contributed by atoms with E-state index in [1.165, 1.54) is 35.1 Å². The molecule has 1 N–H and O–H groups in total. The standard InChI is InChI=1S/C16H21N3/c1-12-3-4-13(2)15(7-12)11-19-10-14(9-18-19)8-17-16-5-6-16/h3-4,7,9-10,16-17H,5-6,8,11H2,1-2H3. The van der Waals surface area contributed by atoms with Gasteiger partial charge in [0.15, 0.2) is 0 Å². The van der Waals surface area contributed by atoms with E-state index >= 15 is 0 Å². The lowest BCUT2D eigenvalue weighted by atomic mass is 10.1. The summed E-state index contributed by atoms with van der Waals surface area (Å²) in [6.07, 6.45) is 6.78. The normalized spacial score (nSPS) is 14.8. The number of benzene rings is 1. The predicted octanol–water partition coefficient (Wildman–Crippen LogP) is 2.80. The van der Waals surface area contributed by atoms with Crippen LogP contribution < -0.4 is 5.32 Å². The molecular formula is C16H21N3. The number of aryl methyl sites for hydroxylation is 2. The van der Waals surface area contributed by atoms with Gasteiger partial charge in [0, 0.05) is 24.3 Å². The van der Waals surface area contributed by atoms with Crippen LogP contribution in [0.1, 0.15) is 35.1 Å². The van der Waals surface area contributed by atoms with Gasteiger partial charge >= 0.3 is 0 Å². The minimum atomic E-state index is 0.752. The Balaban J connectivity index is 1.66. The zero-order valence-corrected chi connectivity index (χ0v) is 11.7. The van der Waals surface area contributed by atoms with E-state index in [1.54, 1.807) is 0 Å². The smallest absolute Gasteiger partial charge is 0.0662 e. The van der Waals surface area contributed by atoms with Crippen LogP contribution in [-0.4, -0.2) is 15.8 Å². The van der Waals surface area contributed by atoms with Gasteiger partial charge in [-0.1, -0.05) is 23.8 Å². The van der Waals surface area contributed by atoms with Crippen molar-refractivity contribution < 1.29 is 0 Å². The SMILES string of the molecule is Cc1ccc(C)c(Cn2cc(CNC3CC3)cn2)c1. The molecule has 0 unspecified atom stereocenters. The molecule has 0 atom stereocenters. The summed E-state index contributed by atoms with van der Waals surface area (Å²) < 4.78 is 2.03. The molecule has 2 aromatic rings. The molecule has 3 heteroatoms. The van der Waals surface area contributed by atoms with Crippen LogP contribution in [0.25, 0.3) is 0 Å². The third-order valence-electron chi connectivity index (χ3n) is 3.70. The molecule has 19 heavy (non-hydrogen) atoms. The molecule has 0 bridgehead atoms. The van der Waals surface area contributed by atoms with Crippen LogP contribution in [0, 0.1) is 13.8 Å². The molecule has 0 aliphatic heterocycles. The lowest BCUT2D eigenvalue weighted by molar-refractivity contribution is 0.673. The van der Waals surface area contributed by atoms with Crippen LogP contribution in [0.3, 0.4) is 0 Å². The molecule has 3 nitrogen and oxygen atoms in total. The lowest BCUT2D eigenvalue weighted by Gasteiger charge is -2.07. The van der Waals surface area contributed by atoms with E-state index in [4.69, 9.17) is 0 Å². The second-order valence-corrected chi connectivity index (χ2v) is 5.63. The Hall–Kier alpha value is -1.61. The number of aromatic nitrogens is 2. The maximum atomic E-state index is 4.46. The quantitative estimate of drug-likeness (QED) is 0.890. The number of rotatable bonds is 5. The monoisotopic (exact) mass is 255 g/mol. The van der Waals surface area contributed by atoms with Gasteiger partial charge in [-0.2, -0.15) is 5.10 Å². The highest BCUT2D eigenvalue weighted by Gasteiger charge is 2.20. The summed E-state index contributed by atoms with van der Waals surface area (Å²) in [6.45, 7) is 6.10. The summed E-state index contributed by atoms with van der Waals surface area (Å²) in [5.74, 6) is 0. The Morgan fingerprint density at radius 1 is 1.32 bits per heavy atom. The van der Waals surface area contributed by atoms with Crippen LogP contribution >= 0.6 is 0 Å². The van der Waals surface area contributed by atoms with Crippen LogP contribution in [0.4, 0.5) is 0 Å². The molecule has 0 spiro atoms. The third kappa shape index (κ3) is 3.24. The minimum Gasteiger partial charge on any atom is -0.310 e. The van der Waals surface area contributed by atoms with Crippen molar-refractivity contribution in [1.82, 2.24) is 15.1 Å². The number of hydrogen-bond donors (Lipinski definition) is 1. The fraction of sp³-hybridized carbons (Fsp3) is 0.438. The van der Waals surface area contributed by atoms with Gasteiger partial charge in [-0.05, 0) is 37.8 Å². The molecule has 100 valence electrons. The lowest BCUT2D eigenvalue weighted by Crippen LogP contribution is -2.14. The van der Waals surface area contributed by atoms with Crippen LogP contribution in [-0.2, 0) is 13.1 Å². The van der Waals surface area contributed by atoms with E-state index in [9.17, 15) is 0 Å². The fourth-order valence-corrected chi connectivity index (χ4v) is 2.28. The van der Waals surface area contributed by atoms with Gasteiger partial charge in [-0.25, -0.2) is 0 Å². The Bertz CT molecular complexity index is 567. The van der Waals surface area contributed by atoms with Crippen molar-refractivity contribution in [2.45, 2.75) is 45.8 Å². The maximum absolute atomic E-state index is 4.46. The van der Waals surface area contributed by atoms with Gasteiger partial charge in [0.05, 0.1) is 12.7 Å². The second-order valence-electron chi connectivity index (χ2n) is 5.63. The molecule has 0 amide bonds. The maximum Gasteiger partial charge on any atom is 0.0662 e. The Labute approximate surface area is 114 Å². The molecule has 1 aromatic heterocycles. The van der Waals surface area contributed by atoms with Crippen molar-refractivity contribution in [1.29, 1.82) is 0 Å². The van der Waals surface area contributed by atoms with E-state index in [1.807, 2.05) is 10.9 Å². The topological polar surface area (TPSA) is 29.9 Å². The van der Waals surface area contributed by atoms with E-state index < -0.39 is 0 Å². The van der Waals surface area contributed by atoms with Crippen molar-refractivity contribution in [2.24, 2.45) is 0 Å². The average Bonchev–Trinajstić information content (AvgIpc) is 3.12. The molecule has 0 radical (unpaired) electrons. The second kappa shape index (κ2) is 5.17. The van der Waals surface area contributed by atoms with E-state index in [0.717, 1.165) is 19.1 Å². The Morgan fingerprint density at radius 3 is 2.95 bits per heavy atom. The van der Waals surface area contributed by atoms with Crippen LogP contribution in [0.2, 0.25) is 0 Å².